The van der Waals surface area contributed by atoms with Crippen LogP contribution in [-0.2, 0) is 4.43 Å². The maximum absolute atomic E-state index is 6.11. The molecule has 0 amide bonds. The molecule has 108 valence electrons. The molecule has 0 rings (SSSR count). The molecule has 0 aliphatic carbocycles. The van der Waals surface area contributed by atoms with E-state index in [9.17, 15) is 0 Å². The fraction of sp³-hybridized carbons (Fsp3) is 0.875. The van der Waals surface area contributed by atoms with Crippen LogP contribution in [0.15, 0.2) is 12.2 Å². The van der Waals surface area contributed by atoms with E-state index in [1.165, 1.54) is 38.5 Å². The van der Waals surface area contributed by atoms with Gasteiger partial charge < -0.3 is 4.43 Å². The van der Waals surface area contributed by atoms with Gasteiger partial charge in [0.1, 0.15) is 0 Å². The lowest BCUT2D eigenvalue weighted by Gasteiger charge is -2.30. The van der Waals surface area contributed by atoms with Crippen LogP contribution >= 0.6 is 0 Å². The van der Waals surface area contributed by atoms with Crippen molar-refractivity contribution in [2.24, 2.45) is 5.41 Å². The van der Waals surface area contributed by atoms with Crippen LogP contribution in [0.4, 0.5) is 0 Å². The molecule has 0 saturated heterocycles. The minimum Gasteiger partial charge on any atom is -0.414 e. The molecule has 1 atom stereocenters. The largest absolute Gasteiger partial charge is 0.414 e. The average Bonchev–Trinajstić information content (AvgIpc) is 2.24. The van der Waals surface area contributed by atoms with E-state index in [0.717, 1.165) is 0 Å². The van der Waals surface area contributed by atoms with Crippen molar-refractivity contribution < 1.29 is 4.43 Å². The highest BCUT2D eigenvalue weighted by molar-refractivity contribution is 6.48. The predicted molar refractivity (Wildman–Crippen MR) is 85.7 cm³/mol. The first-order valence-corrected chi connectivity index (χ1v) is 10.5. The van der Waals surface area contributed by atoms with Crippen LogP contribution in [-0.4, -0.2) is 15.1 Å². The van der Waals surface area contributed by atoms with E-state index < -0.39 is 9.04 Å². The van der Waals surface area contributed by atoms with Crippen LogP contribution in [0, 0.1) is 5.41 Å². The number of hydrogen-bond donors (Lipinski definition) is 0. The molecule has 0 heterocycles. The minimum atomic E-state index is -0.954. The van der Waals surface area contributed by atoms with Crippen LogP contribution in [0.2, 0.25) is 13.1 Å². The van der Waals surface area contributed by atoms with Crippen molar-refractivity contribution in [2.45, 2.75) is 85.4 Å². The molecule has 18 heavy (non-hydrogen) atoms. The number of hydrogen-bond acceptors (Lipinski definition) is 1. The van der Waals surface area contributed by atoms with Gasteiger partial charge >= 0.3 is 0 Å². The van der Waals surface area contributed by atoms with Gasteiger partial charge in [-0.15, -0.1) is 0 Å². The van der Waals surface area contributed by atoms with E-state index in [2.05, 4.69) is 52.9 Å². The van der Waals surface area contributed by atoms with Gasteiger partial charge in [-0.3, -0.25) is 0 Å². The van der Waals surface area contributed by atoms with Gasteiger partial charge in [0.15, 0.2) is 9.04 Å². The van der Waals surface area contributed by atoms with Gasteiger partial charge in [0, 0.05) is 0 Å². The predicted octanol–water partition coefficient (Wildman–Crippen LogP) is 5.32. The molecule has 0 spiro atoms. The Balaban J connectivity index is 3.94. The minimum absolute atomic E-state index is 0.218. The van der Waals surface area contributed by atoms with Crippen LogP contribution < -0.4 is 0 Å². The summed E-state index contributed by atoms with van der Waals surface area (Å²) in [5.74, 6) is 0. The van der Waals surface area contributed by atoms with Crippen LogP contribution in [0.25, 0.3) is 0 Å². The van der Waals surface area contributed by atoms with Gasteiger partial charge in [0.2, 0.25) is 0 Å². The summed E-state index contributed by atoms with van der Waals surface area (Å²) in [4.78, 5) is 0. The lowest BCUT2D eigenvalue weighted by molar-refractivity contribution is 0.129. The third-order valence-corrected chi connectivity index (χ3v) is 3.90. The van der Waals surface area contributed by atoms with Crippen molar-refractivity contribution >= 4 is 9.04 Å². The van der Waals surface area contributed by atoms with Gasteiger partial charge in [-0.05, 0) is 31.4 Å². The summed E-state index contributed by atoms with van der Waals surface area (Å²) in [6.45, 7) is 13.6. The number of allylic oxidation sites excluding steroid dienone is 1. The van der Waals surface area contributed by atoms with Crippen molar-refractivity contribution in [2.75, 3.05) is 0 Å². The Hall–Kier alpha value is -0.0831. The van der Waals surface area contributed by atoms with Crippen LogP contribution in [0.1, 0.15) is 66.2 Å². The summed E-state index contributed by atoms with van der Waals surface area (Å²) in [5.41, 5.74) is 0.218. The molecule has 0 aromatic rings. The molecule has 0 saturated carbocycles. The zero-order valence-electron chi connectivity index (χ0n) is 13.5. The fourth-order valence-electron chi connectivity index (χ4n) is 1.92. The van der Waals surface area contributed by atoms with E-state index in [-0.39, 0.29) is 5.41 Å². The Morgan fingerprint density at radius 2 is 1.67 bits per heavy atom. The number of rotatable bonds is 9. The van der Waals surface area contributed by atoms with Crippen LogP contribution in [0.3, 0.4) is 0 Å². The summed E-state index contributed by atoms with van der Waals surface area (Å²) < 4.78 is 6.11. The average molecular weight is 271 g/mol. The molecule has 2 heteroatoms. The highest BCUT2D eigenvalue weighted by atomic mass is 28.3. The van der Waals surface area contributed by atoms with Gasteiger partial charge in [0.25, 0.3) is 0 Å². The Kier molecular flexibility index (Phi) is 9.75. The first kappa shape index (κ1) is 17.9. The number of unbranched alkanes of at least 4 members (excludes halogenated alkanes) is 5. The Bertz CT molecular complexity index is 216. The normalized spacial score (nSPS) is 14.6. The van der Waals surface area contributed by atoms with E-state index >= 15 is 0 Å². The second kappa shape index (κ2) is 9.80. The zero-order chi connectivity index (χ0) is 14.0. The van der Waals surface area contributed by atoms with Crippen molar-refractivity contribution in [3.63, 3.8) is 0 Å². The van der Waals surface area contributed by atoms with E-state index in [1.54, 1.807) is 0 Å². The molecule has 0 fully saturated rings. The molecular weight excluding hydrogens is 236 g/mol. The summed E-state index contributed by atoms with van der Waals surface area (Å²) in [5, 5.41) is 0. The molecule has 0 bridgehead atoms. The molecule has 0 aliphatic heterocycles. The Labute approximate surface area is 117 Å². The third kappa shape index (κ3) is 9.90. The first-order chi connectivity index (χ1) is 8.38. The van der Waals surface area contributed by atoms with Crippen molar-refractivity contribution in [1.29, 1.82) is 0 Å². The lowest BCUT2D eigenvalue weighted by Crippen LogP contribution is -2.31. The molecular formula is C16H34OSi. The van der Waals surface area contributed by atoms with Crippen LogP contribution in [0.5, 0.6) is 0 Å². The maximum Gasteiger partial charge on any atom is 0.171 e. The summed E-state index contributed by atoms with van der Waals surface area (Å²) >= 11 is 0. The molecule has 0 aromatic heterocycles. The van der Waals surface area contributed by atoms with Gasteiger partial charge in [0.05, 0.1) is 6.10 Å². The van der Waals surface area contributed by atoms with Crippen molar-refractivity contribution in [3.8, 4) is 0 Å². The van der Waals surface area contributed by atoms with E-state index in [0.29, 0.717) is 6.10 Å². The topological polar surface area (TPSA) is 9.23 Å². The Morgan fingerprint density at radius 1 is 1.06 bits per heavy atom. The second-order valence-corrected chi connectivity index (χ2v) is 8.97. The van der Waals surface area contributed by atoms with Crippen molar-refractivity contribution in [1.82, 2.24) is 0 Å². The smallest absolute Gasteiger partial charge is 0.171 e. The highest BCUT2D eigenvalue weighted by Crippen LogP contribution is 2.24. The van der Waals surface area contributed by atoms with E-state index in [4.69, 9.17) is 4.43 Å². The summed E-state index contributed by atoms with van der Waals surface area (Å²) in [6.07, 6.45) is 12.9. The van der Waals surface area contributed by atoms with Crippen molar-refractivity contribution in [3.05, 3.63) is 12.2 Å². The van der Waals surface area contributed by atoms with Gasteiger partial charge in [-0.1, -0.05) is 65.5 Å². The third-order valence-electron chi connectivity index (χ3n) is 3.06. The first-order valence-electron chi connectivity index (χ1n) is 7.70. The SMILES string of the molecule is CCCCCCCC=CC(O[SiH](C)C)C(C)(C)C. The van der Waals surface area contributed by atoms with E-state index in [1.807, 2.05) is 0 Å². The zero-order valence-corrected chi connectivity index (χ0v) is 14.6. The van der Waals surface area contributed by atoms with Gasteiger partial charge in [-0.2, -0.15) is 0 Å². The quantitative estimate of drug-likeness (QED) is 0.313. The molecule has 0 N–H and O–H groups in total. The second-order valence-electron chi connectivity index (χ2n) is 6.60. The monoisotopic (exact) mass is 270 g/mol. The molecule has 0 radical (unpaired) electrons. The van der Waals surface area contributed by atoms with Gasteiger partial charge in [-0.25, -0.2) is 0 Å². The molecule has 1 nitrogen and oxygen atoms in total. The maximum atomic E-state index is 6.11. The lowest BCUT2D eigenvalue weighted by atomic mass is 9.89. The highest BCUT2D eigenvalue weighted by Gasteiger charge is 2.23. The fourth-order valence-corrected chi connectivity index (χ4v) is 3.00. The Morgan fingerprint density at radius 3 is 2.17 bits per heavy atom. The molecule has 0 aromatic carbocycles. The summed E-state index contributed by atoms with van der Waals surface area (Å²) in [6, 6.07) is 0. The standard InChI is InChI=1S/C16H34OSi/c1-7-8-9-10-11-12-13-14-15(16(2,3)4)17-18(5)6/h13-15,18H,7-12H2,1-6H3. The molecule has 1 unspecified atom stereocenters. The summed E-state index contributed by atoms with van der Waals surface area (Å²) in [7, 11) is -0.954. The molecule has 0 aliphatic rings.